The van der Waals surface area contributed by atoms with Crippen molar-refractivity contribution in [1.29, 1.82) is 0 Å². The highest BCUT2D eigenvalue weighted by molar-refractivity contribution is 7.89. The average molecular weight is 296 g/mol. The van der Waals surface area contributed by atoms with Crippen molar-refractivity contribution in [3.05, 3.63) is 24.3 Å². The van der Waals surface area contributed by atoms with E-state index in [1.807, 2.05) is 0 Å². The minimum atomic E-state index is -3.48. The number of rotatable bonds is 6. The van der Waals surface area contributed by atoms with E-state index in [1.165, 1.54) is 10.4 Å². The molecule has 1 N–H and O–H groups in total. The number of carbonyl (C=O) groups excluding carboxylic acids is 1. The highest BCUT2D eigenvalue weighted by Crippen LogP contribution is 2.30. The maximum atomic E-state index is 12.4. The van der Waals surface area contributed by atoms with Gasteiger partial charge in [0, 0.05) is 24.7 Å². The van der Waals surface area contributed by atoms with Crippen LogP contribution in [0, 0.1) is 5.92 Å². The molecule has 0 unspecified atom stereocenters. The highest BCUT2D eigenvalue weighted by Gasteiger charge is 2.30. The van der Waals surface area contributed by atoms with Gasteiger partial charge in [0.05, 0.1) is 4.90 Å². The number of nitrogens with one attached hydrogen (secondary N) is 1. The lowest BCUT2D eigenvalue weighted by atomic mass is 10.3. The first-order valence-electron chi connectivity index (χ1n) is 6.90. The number of anilines is 1. The molecule has 1 saturated carbocycles. The van der Waals surface area contributed by atoms with Crippen LogP contribution in [0.25, 0.3) is 0 Å². The Morgan fingerprint density at radius 3 is 2.50 bits per heavy atom. The second-order valence-corrected chi connectivity index (χ2v) is 6.82. The van der Waals surface area contributed by atoms with Crippen molar-refractivity contribution < 1.29 is 13.2 Å². The van der Waals surface area contributed by atoms with Crippen LogP contribution in [0.3, 0.4) is 0 Å². The molecule has 5 nitrogen and oxygen atoms in total. The van der Waals surface area contributed by atoms with Crippen molar-refractivity contribution >= 4 is 21.6 Å². The first-order valence-corrected chi connectivity index (χ1v) is 8.34. The summed E-state index contributed by atoms with van der Waals surface area (Å²) in [7, 11) is -3.48. The van der Waals surface area contributed by atoms with Gasteiger partial charge in [0.1, 0.15) is 0 Å². The van der Waals surface area contributed by atoms with E-state index in [2.05, 4.69) is 5.32 Å². The molecule has 0 radical (unpaired) electrons. The highest BCUT2D eigenvalue weighted by atomic mass is 32.2. The van der Waals surface area contributed by atoms with E-state index in [0.717, 1.165) is 12.8 Å². The zero-order chi connectivity index (χ0) is 14.8. The van der Waals surface area contributed by atoms with Crippen molar-refractivity contribution in [3.8, 4) is 0 Å². The Kier molecular flexibility index (Phi) is 4.45. The van der Waals surface area contributed by atoms with Crippen LogP contribution in [0.1, 0.15) is 26.7 Å². The van der Waals surface area contributed by atoms with Gasteiger partial charge in [-0.3, -0.25) is 4.79 Å². The molecule has 0 bridgehead atoms. The number of carbonyl (C=O) groups is 1. The summed E-state index contributed by atoms with van der Waals surface area (Å²) < 4.78 is 26.2. The van der Waals surface area contributed by atoms with Gasteiger partial charge in [0.2, 0.25) is 15.9 Å². The summed E-state index contributed by atoms with van der Waals surface area (Å²) in [5.74, 6) is 0.0698. The lowest BCUT2D eigenvalue weighted by Gasteiger charge is -2.18. The molecule has 6 heteroatoms. The Bertz CT molecular complexity index is 590. The van der Waals surface area contributed by atoms with E-state index >= 15 is 0 Å². The molecule has 1 fully saturated rings. The molecule has 1 amide bonds. The van der Waals surface area contributed by atoms with E-state index in [-0.39, 0.29) is 16.7 Å². The van der Waals surface area contributed by atoms with Gasteiger partial charge in [-0.2, -0.15) is 4.31 Å². The monoisotopic (exact) mass is 296 g/mol. The maximum absolute atomic E-state index is 12.4. The van der Waals surface area contributed by atoms with Crippen LogP contribution in [0.15, 0.2) is 29.2 Å². The number of benzene rings is 1. The third-order valence-electron chi connectivity index (χ3n) is 3.39. The van der Waals surface area contributed by atoms with Crippen LogP contribution in [-0.4, -0.2) is 31.7 Å². The second-order valence-electron chi connectivity index (χ2n) is 4.88. The zero-order valence-corrected chi connectivity index (χ0v) is 12.6. The second kappa shape index (κ2) is 5.93. The maximum Gasteiger partial charge on any atom is 0.243 e. The zero-order valence-electron chi connectivity index (χ0n) is 11.8. The molecule has 20 heavy (non-hydrogen) atoms. The van der Waals surface area contributed by atoms with E-state index < -0.39 is 10.0 Å². The summed E-state index contributed by atoms with van der Waals surface area (Å²) in [6.07, 6.45) is 1.84. The van der Waals surface area contributed by atoms with Crippen LogP contribution >= 0.6 is 0 Å². The molecule has 2 rings (SSSR count). The lowest BCUT2D eigenvalue weighted by molar-refractivity contribution is -0.117. The summed E-state index contributed by atoms with van der Waals surface area (Å²) in [6, 6.07) is 6.44. The summed E-state index contributed by atoms with van der Waals surface area (Å²) in [5.41, 5.74) is 0.537. The standard InChI is InChI=1S/C14H20N2O3S/c1-3-16(4-2)20(18,19)13-7-5-6-12(10-13)15-14(17)11-8-9-11/h5-7,10-11H,3-4,8-9H2,1-2H3,(H,15,17). The molecule has 0 saturated heterocycles. The molecule has 0 spiro atoms. The molecule has 1 aromatic carbocycles. The summed E-state index contributed by atoms with van der Waals surface area (Å²) in [6.45, 7) is 4.47. The summed E-state index contributed by atoms with van der Waals surface area (Å²) in [4.78, 5) is 11.9. The Morgan fingerprint density at radius 1 is 1.30 bits per heavy atom. The molecule has 110 valence electrons. The predicted octanol–water partition coefficient (Wildman–Crippen LogP) is 2.07. The molecule has 0 atom stereocenters. The third-order valence-corrected chi connectivity index (χ3v) is 5.44. The fraction of sp³-hybridized carbons (Fsp3) is 0.500. The minimum absolute atomic E-state index is 0.0256. The van der Waals surface area contributed by atoms with E-state index in [9.17, 15) is 13.2 Å². The van der Waals surface area contributed by atoms with E-state index in [0.29, 0.717) is 18.8 Å². The van der Waals surface area contributed by atoms with Gasteiger partial charge in [-0.15, -0.1) is 0 Å². The fourth-order valence-corrected chi connectivity index (χ4v) is 3.54. The Morgan fingerprint density at radius 2 is 1.95 bits per heavy atom. The molecule has 1 aliphatic rings. The SMILES string of the molecule is CCN(CC)S(=O)(=O)c1cccc(NC(=O)C2CC2)c1. The van der Waals surface area contributed by atoms with Crippen molar-refractivity contribution in [2.75, 3.05) is 18.4 Å². The van der Waals surface area contributed by atoms with Crippen LogP contribution in [-0.2, 0) is 14.8 Å². The quantitative estimate of drug-likeness (QED) is 0.874. The predicted molar refractivity (Wildman–Crippen MR) is 77.9 cm³/mol. The van der Waals surface area contributed by atoms with Crippen molar-refractivity contribution in [2.24, 2.45) is 5.92 Å². The van der Waals surface area contributed by atoms with Crippen molar-refractivity contribution in [1.82, 2.24) is 4.31 Å². The van der Waals surface area contributed by atoms with Gasteiger partial charge < -0.3 is 5.32 Å². The summed E-state index contributed by atoms with van der Waals surface area (Å²) in [5, 5.41) is 2.77. The topological polar surface area (TPSA) is 66.5 Å². The molecule has 1 aliphatic carbocycles. The number of sulfonamides is 1. The van der Waals surface area contributed by atoms with Crippen LogP contribution < -0.4 is 5.32 Å². The van der Waals surface area contributed by atoms with Crippen LogP contribution in [0.2, 0.25) is 0 Å². The smallest absolute Gasteiger partial charge is 0.243 e. The number of amides is 1. The molecule has 0 aromatic heterocycles. The van der Waals surface area contributed by atoms with Crippen LogP contribution in [0.4, 0.5) is 5.69 Å². The lowest BCUT2D eigenvalue weighted by Crippen LogP contribution is -2.30. The van der Waals surface area contributed by atoms with Crippen molar-refractivity contribution in [2.45, 2.75) is 31.6 Å². The normalized spacial score (nSPS) is 15.3. The Hall–Kier alpha value is -1.40. The van der Waals surface area contributed by atoms with Gasteiger partial charge >= 0.3 is 0 Å². The average Bonchev–Trinajstić information content (AvgIpc) is 3.24. The first-order chi connectivity index (χ1) is 9.48. The van der Waals surface area contributed by atoms with Gasteiger partial charge in [-0.1, -0.05) is 19.9 Å². The van der Waals surface area contributed by atoms with Gasteiger partial charge in [-0.05, 0) is 31.0 Å². The molecule has 0 aliphatic heterocycles. The van der Waals surface area contributed by atoms with Crippen molar-refractivity contribution in [3.63, 3.8) is 0 Å². The Balaban J connectivity index is 2.22. The third kappa shape index (κ3) is 3.19. The first kappa shape index (κ1) is 15.0. The molecular formula is C14H20N2O3S. The molecule has 0 heterocycles. The van der Waals surface area contributed by atoms with Gasteiger partial charge in [0.25, 0.3) is 0 Å². The number of nitrogens with zero attached hydrogens (tertiary/aromatic N) is 1. The molecule has 1 aromatic rings. The van der Waals surface area contributed by atoms with E-state index in [4.69, 9.17) is 0 Å². The number of hydrogen-bond acceptors (Lipinski definition) is 3. The minimum Gasteiger partial charge on any atom is -0.326 e. The van der Waals surface area contributed by atoms with Gasteiger partial charge in [0.15, 0.2) is 0 Å². The van der Waals surface area contributed by atoms with E-state index in [1.54, 1.807) is 32.0 Å². The largest absolute Gasteiger partial charge is 0.326 e. The number of hydrogen-bond donors (Lipinski definition) is 1. The summed E-state index contributed by atoms with van der Waals surface area (Å²) >= 11 is 0. The van der Waals surface area contributed by atoms with Gasteiger partial charge in [-0.25, -0.2) is 8.42 Å². The molecular weight excluding hydrogens is 276 g/mol. The fourth-order valence-electron chi connectivity index (χ4n) is 2.04. The van der Waals surface area contributed by atoms with Crippen LogP contribution in [0.5, 0.6) is 0 Å². The Labute approximate surface area is 120 Å².